The maximum absolute atomic E-state index is 9.53. The molecule has 0 aliphatic heterocycles. The predicted molar refractivity (Wildman–Crippen MR) is 68.3 cm³/mol. The Balaban J connectivity index is 2.57. The van der Waals surface area contributed by atoms with Gasteiger partial charge in [-0.1, -0.05) is 43.2 Å². The summed E-state index contributed by atoms with van der Waals surface area (Å²) in [5.74, 6) is 0. The van der Waals surface area contributed by atoms with E-state index in [2.05, 4.69) is 45.9 Å². The second kappa shape index (κ2) is 3.74. The van der Waals surface area contributed by atoms with Crippen molar-refractivity contribution in [3.05, 3.63) is 40.5 Å². The molecule has 16 heavy (non-hydrogen) atoms. The van der Waals surface area contributed by atoms with Crippen LogP contribution in [0.15, 0.2) is 23.8 Å². The summed E-state index contributed by atoms with van der Waals surface area (Å²) in [6.07, 6.45) is 1.04. The van der Waals surface area contributed by atoms with Crippen LogP contribution >= 0.6 is 0 Å². The lowest BCUT2D eigenvalue weighted by atomic mass is 9.80. The van der Waals surface area contributed by atoms with Gasteiger partial charge in [-0.25, -0.2) is 0 Å². The van der Waals surface area contributed by atoms with Gasteiger partial charge in [-0.15, -0.1) is 0 Å². The quantitative estimate of drug-likeness (QED) is 0.804. The van der Waals surface area contributed by atoms with Crippen LogP contribution in [0.3, 0.4) is 0 Å². The van der Waals surface area contributed by atoms with Gasteiger partial charge in [0.1, 0.15) is 0 Å². The standard InChI is InChI=1S/C15H20O/c1-10-5-6-12-8-11(2)14(13(12)7-10)15(3,4)9-16/h5-7,16H,8-9H2,1-4H3. The highest BCUT2D eigenvalue weighted by Crippen LogP contribution is 2.43. The third-order valence-corrected chi connectivity index (χ3v) is 3.49. The lowest BCUT2D eigenvalue weighted by Crippen LogP contribution is -2.19. The third-order valence-electron chi connectivity index (χ3n) is 3.49. The van der Waals surface area contributed by atoms with E-state index in [0.29, 0.717) is 0 Å². The largest absolute Gasteiger partial charge is 0.395 e. The van der Waals surface area contributed by atoms with Gasteiger partial charge in [0.2, 0.25) is 0 Å². The molecule has 0 amide bonds. The summed E-state index contributed by atoms with van der Waals surface area (Å²) >= 11 is 0. The lowest BCUT2D eigenvalue weighted by molar-refractivity contribution is 0.206. The van der Waals surface area contributed by atoms with Crippen LogP contribution in [0.5, 0.6) is 0 Å². The molecule has 1 aromatic rings. The van der Waals surface area contributed by atoms with Crippen molar-refractivity contribution >= 4 is 5.57 Å². The Hall–Kier alpha value is -1.08. The van der Waals surface area contributed by atoms with Gasteiger partial charge in [0.25, 0.3) is 0 Å². The molecule has 0 fully saturated rings. The molecule has 1 aromatic carbocycles. The van der Waals surface area contributed by atoms with Gasteiger partial charge in [0, 0.05) is 5.41 Å². The molecule has 0 spiro atoms. The number of hydrogen-bond donors (Lipinski definition) is 1. The Morgan fingerprint density at radius 3 is 2.56 bits per heavy atom. The Morgan fingerprint density at radius 1 is 1.25 bits per heavy atom. The molecule has 1 aliphatic carbocycles. The first-order valence-electron chi connectivity index (χ1n) is 5.86. The van der Waals surface area contributed by atoms with E-state index in [1.165, 1.54) is 27.8 Å². The summed E-state index contributed by atoms with van der Waals surface area (Å²) in [6, 6.07) is 6.63. The molecule has 1 N–H and O–H groups in total. The fourth-order valence-electron chi connectivity index (χ4n) is 2.70. The van der Waals surface area contributed by atoms with E-state index in [4.69, 9.17) is 0 Å². The third kappa shape index (κ3) is 1.69. The van der Waals surface area contributed by atoms with Gasteiger partial charge < -0.3 is 5.11 Å². The summed E-state index contributed by atoms with van der Waals surface area (Å²) in [5, 5.41) is 9.53. The molecule has 0 atom stereocenters. The zero-order chi connectivity index (χ0) is 11.9. The number of aliphatic hydroxyl groups is 1. The van der Waals surface area contributed by atoms with E-state index in [0.717, 1.165) is 6.42 Å². The molecule has 0 radical (unpaired) electrons. The molecule has 0 saturated carbocycles. The summed E-state index contributed by atoms with van der Waals surface area (Å²) in [6.45, 7) is 8.74. The van der Waals surface area contributed by atoms with Crippen molar-refractivity contribution in [2.45, 2.75) is 34.1 Å². The van der Waals surface area contributed by atoms with Crippen molar-refractivity contribution in [3.8, 4) is 0 Å². The van der Waals surface area contributed by atoms with E-state index < -0.39 is 0 Å². The summed E-state index contributed by atoms with van der Waals surface area (Å²) in [5.41, 5.74) is 6.65. The van der Waals surface area contributed by atoms with Gasteiger partial charge in [0.05, 0.1) is 6.61 Å². The number of fused-ring (bicyclic) bond motifs is 1. The average molecular weight is 216 g/mol. The molecule has 1 aliphatic rings. The van der Waals surface area contributed by atoms with Gasteiger partial charge in [0.15, 0.2) is 0 Å². The molecule has 1 heteroatoms. The Kier molecular flexibility index (Phi) is 2.67. The number of rotatable bonds is 2. The summed E-state index contributed by atoms with van der Waals surface area (Å²) in [7, 11) is 0. The Morgan fingerprint density at radius 2 is 1.94 bits per heavy atom. The number of hydrogen-bond acceptors (Lipinski definition) is 1. The van der Waals surface area contributed by atoms with Gasteiger partial charge >= 0.3 is 0 Å². The second-order valence-electron chi connectivity index (χ2n) is 5.53. The molecule has 0 aromatic heterocycles. The molecule has 86 valence electrons. The highest BCUT2D eigenvalue weighted by atomic mass is 16.3. The second-order valence-corrected chi connectivity index (χ2v) is 5.53. The van der Waals surface area contributed by atoms with E-state index in [1.807, 2.05) is 0 Å². The maximum Gasteiger partial charge on any atom is 0.0522 e. The van der Waals surface area contributed by atoms with Crippen molar-refractivity contribution < 1.29 is 5.11 Å². The van der Waals surface area contributed by atoms with Gasteiger partial charge in [-0.05, 0) is 37.0 Å². The minimum Gasteiger partial charge on any atom is -0.395 e. The SMILES string of the molecule is CC1=C(C(C)(C)CO)c2cc(C)ccc2C1. The van der Waals surface area contributed by atoms with E-state index in [1.54, 1.807) is 0 Å². The minimum atomic E-state index is -0.136. The highest BCUT2D eigenvalue weighted by molar-refractivity contribution is 5.79. The molecule has 0 saturated heterocycles. The van der Waals surface area contributed by atoms with Gasteiger partial charge in [-0.3, -0.25) is 0 Å². The van der Waals surface area contributed by atoms with Crippen LogP contribution in [0.2, 0.25) is 0 Å². The zero-order valence-corrected chi connectivity index (χ0v) is 10.6. The maximum atomic E-state index is 9.53. The normalized spacial score (nSPS) is 15.6. The number of aliphatic hydroxyl groups excluding tert-OH is 1. The Bertz CT molecular complexity index is 453. The van der Waals surface area contributed by atoms with Crippen LogP contribution in [0.4, 0.5) is 0 Å². The Labute approximate surface area is 97.8 Å². The van der Waals surface area contributed by atoms with Crippen LogP contribution < -0.4 is 0 Å². The molecular weight excluding hydrogens is 196 g/mol. The van der Waals surface area contributed by atoms with Crippen LogP contribution in [-0.2, 0) is 6.42 Å². The first-order chi connectivity index (χ1) is 7.45. The lowest BCUT2D eigenvalue weighted by Gasteiger charge is -2.26. The van der Waals surface area contributed by atoms with Crippen LogP contribution in [-0.4, -0.2) is 11.7 Å². The molecule has 1 nitrogen and oxygen atoms in total. The van der Waals surface area contributed by atoms with E-state index in [-0.39, 0.29) is 12.0 Å². The first-order valence-corrected chi connectivity index (χ1v) is 5.86. The van der Waals surface area contributed by atoms with Gasteiger partial charge in [-0.2, -0.15) is 0 Å². The van der Waals surface area contributed by atoms with Crippen molar-refractivity contribution in [1.82, 2.24) is 0 Å². The molecule has 0 heterocycles. The smallest absolute Gasteiger partial charge is 0.0522 e. The van der Waals surface area contributed by atoms with Crippen molar-refractivity contribution in [3.63, 3.8) is 0 Å². The first kappa shape index (κ1) is 11.4. The van der Waals surface area contributed by atoms with Crippen molar-refractivity contribution in [2.75, 3.05) is 6.61 Å². The van der Waals surface area contributed by atoms with Crippen LogP contribution in [0, 0.1) is 12.3 Å². The molecule has 0 bridgehead atoms. The predicted octanol–water partition coefficient (Wildman–Crippen LogP) is 3.34. The molecular formula is C15H20O. The van der Waals surface area contributed by atoms with E-state index >= 15 is 0 Å². The number of aryl methyl sites for hydroxylation is 1. The zero-order valence-electron chi connectivity index (χ0n) is 10.6. The summed E-state index contributed by atoms with van der Waals surface area (Å²) < 4.78 is 0. The van der Waals surface area contributed by atoms with Crippen molar-refractivity contribution in [2.24, 2.45) is 5.41 Å². The highest BCUT2D eigenvalue weighted by Gasteiger charge is 2.30. The number of allylic oxidation sites excluding steroid dienone is 1. The minimum absolute atomic E-state index is 0.136. The fourth-order valence-corrected chi connectivity index (χ4v) is 2.70. The average Bonchev–Trinajstić information content (AvgIpc) is 2.54. The monoisotopic (exact) mass is 216 g/mol. The molecule has 0 unspecified atom stereocenters. The van der Waals surface area contributed by atoms with Crippen LogP contribution in [0.1, 0.15) is 37.5 Å². The number of benzene rings is 1. The fraction of sp³-hybridized carbons (Fsp3) is 0.467. The topological polar surface area (TPSA) is 20.2 Å². The van der Waals surface area contributed by atoms with Crippen molar-refractivity contribution in [1.29, 1.82) is 0 Å². The van der Waals surface area contributed by atoms with E-state index in [9.17, 15) is 5.11 Å². The molecule has 2 rings (SSSR count). The summed E-state index contributed by atoms with van der Waals surface area (Å²) in [4.78, 5) is 0. The van der Waals surface area contributed by atoms with Crippen LogP contribution in [0.25, 0.3) is 5.57 Å².